The van der Waals surface area contributed by atoms with E-state index in [4.69, 9.17) is 37.7 Å². The van der Waals surface area contributed by atoms with Crippen molar-refractivity contribution in [2.45, 2.75) is 38.8 Å². The predicted octanol–water partition coefficient (Wildman–Crippen LogP) is 11.2. The van der Waals surface area contributed by atoms with Crippen LogP contribution in [0.3, 0.4) is 0 Å². The zero-order valence-corrected chi connectivity index (χ0v) is 43.2. The molecule has 0 radical (unpaired) electrons. The summed E-state index contributed by atoms with van der Waals surface area (Å²) < 4.78 is 72.8. The number of fused-ring (bicyclic) bond motifs is 2. The Hall–Kier alpha value is -8.54. The summed E-state index contributed by atoms with van der Waals surface area (Å²) in [6.45, 7) is 3.88. The number of aryl methyl sites for hydroxylation is 2. The number of imide groups is 1. The van der Waals surface area contributed by atoms with Crippen molar-refractivity contribution >= 4 is 40.9 Å². The van der Waals surface area contributed by atoms with Crippen LogP contribution in [0, 0.1) is 37.1 Å². The molecule has 0 saturated heterocycles. The predicted molar refractivity (Wildman–Crippen MR) is 283 cm³/mol. The van der Waals surface area contributed by atoms with Gasteiger partial charge in [0, 0.05) is 48.8 Å². The Labute approximate surface area is 449 Å². The molecule has 0 spiro atoms. The van der Waals surface area contributed by atoms with Crippen LogP contribution >= 0.6 is 23.2 Å². The highest BCUT2D eigenvalue weighted by molar-refractivity contribution is 6.32. The number of pyridine rings is 1. The van der Waals surface area contributed by atoms with Gasteiger partial charge < -0.3 is 28.1 Å². The van der Waals surface area contributed by atoms with Gasteiger partial charge >= 0.3 is 0 Å². The Morgan fingerprint density at radius 3 is 1.86 bits per heavy atom. The normalized spacial score (nSPS) is 15.1. The quantitative estimate of drug-likeness (QED) is 0.0634. The summed E-state index contributed by atoms with van der Waals surface area (Å²) in [6.07, 6.45) is 13.0. The number of rotatable bonds is 13. The van der Waals surface area contributed by atoms with E-state index in [9.17, 15) is 31.9 Å². The van der Waals surface area contributed by atoms with E-state index in [0.29, 0.717) is 29.3 Å². The molecule has 3 aliphatic heterocycles. The van der Waals surface area contributed by atoms with Crippen molar-refractivity contribution in [3.05, 3.63) is 246 Å². The number of nitrogens with zero attached hydrogens (tertiary/aromatic N) is 8. The van der Waals surface area contributed by atoms with E-state index in [2.05, 4.69) is 16.0 Å². The number of imidazole rings is 2. The highest BCUT2D eigenvalue weighted by atomic mass is 35.5. The smallest absolute Gasteiger partial charge is 0.261 e. The Balaban J connectivity index is 0.000000185. The van der Waals surface area contributed by atoms with Gasteiger partial charge in [0.15, 0.2) is 17.5 Å². The van der Waals surface area contributed by atoms with Crippen molar-refractivity contribution in [2.75, 3.05) is 27.3 Å². The minimum absolute atomic E-state index is 0.0699. The van der Waals surface area contributed by atoms with Crippen LogP contribution in [0.25, 0.3) is 11.4 Å². The van der Waals surface area contributed by atoms with Crippen LogP contribution in [0.5, 0.6) is 11.5 Å². The van der Waals surface area contributed by atoms with E-state index in [0.717, 1.165) is 72.6 Å². The number of ether oxygens (including phenoxy) is 2. The lowest BCUT2D eigenvalue weighted by Crippen LogP contribution is -2.39. The molecule has 2 unspecified atom stereocenters. The number of benzene rings is 5. The summed E-state index contributed by atoms with van der Waals surface area (Å²) in [7, 11) is 3.18. The number of hydrogen-bond donors (Lipinski definition) is 0. The molecule has 6 heterocycles. The molecule has 8 aromatic rings. The molecule has 11 rings (SSSR count). The number of halogens is 6. The van der Waals surface area contributed by atoms with Crippen LogP contribution in [0.15, 0.2) is 167 Å². The Morgan fingerprint density at radius 1 is 0.701 bits per heavy atom. The van der Waals surface area contributed by atoms with Gasteiger partial charge in [-0.25, -0.2) is 27.5 Å². The first-order valence-corrected chi connectivity index (χ1v) is 24.9. The van der Waals surface area contributed by atoms with E-state index in [1.54, 1.807) is 60.7 Å². The molecule has 0 bridgehead atoms. The van der Waals surface area contributed by atoms with Crippen LogP contribution in [0.2, 0.25) is 5.02 Å². The second-order valence-electron chi connectivity index (χ2n) is 18.5. The average Bonchev–Trinajstić information content (AvgIpc) is 4.27. The molecule has 0 aliphatic carbocycles. The monoisotopic (exact) mass is 1080 g/mol. The maximum atomic E-state index is 14.5. The topological polar surface area (TPSA) is 129 Å². The molecule has 3 aliphatic rings. The van der Waals surface area contributed by atoms with Gasteiger partial charge in [0.05, 0.1) is 96.0 Å². The molecule has 19 heteroatoms. The van der Waals surface area contributed by atoms with Crippen molar-refractivity contribution in [3.63, 3.8) is 0 Å². The summed E-state index contributed by atoms with van der Waals surface area (Å²) in [4.78, 5) is 56.7. The summed E-state index contributed by atoms with van der Waals surface area (Å²) in [5.74, 6) is -4.05. The number of amides is 2. The van der Waals surface area contributed by atoms with Gasteiger partial charge in [0.1, 0.15) is 23.2 Å². The van der Waals surface area contributed by atoms with Gasteiger partial charge in [0.2, 0.25) is 0 Å². The Bertz CT molecular complexity index is 3750. The number of aromatic nitrogens is 5. The largest absolute Gasteiger partial charge is 0.495 e. The van der Waals surface area contributed by atoms with Crippen LogP contribution in [-0.2, 0) is 12.8 Å². The molecule has 2 atom stereocenters. The molecular weight excluding hydrogens is 1040 g/mol. The van der Waals surface area contributed by atoms with Crippen molar-refractivity contribution < 1.29 is 36.6 Å². The van der Waals surface area contributed by atoms with Gasteiger partial charge in [-0.1, -0.05) is 59.6 Å². The lowest BCUT2D eigenvalue weighted by molar-refractivity contribution is 0.0638. The van der Waals surface area contributed by atoms with Gasteiger partial charge in [-0.05, 0) is 109 Å². The minimum Gasteiger partial charge on any atom is -0.495 e. The van der Waals surface area contributed by atoms with Crippen LogP contribution in [0.4, 0.5) is 17.6 Å². The molecule has 390 valence electrons. The van der Waals surface area contributed by atoms with E-state index < -0.39 is 47.4 Å². The van der Waals surface area contributed by atoms with Crippen molar-refractivity contribution in [1.29, 1.82) is 0 Å². The molecule has 0 fully saturated rings. The summed E-state index contributed by atoms with van der Waals surface area (Å²) in [5, 5.41) is 0.734. The van der Waals surface area contributed by atoms with E-state index in [1.165, 1.54) is 37.6 Å². The number of carbonyl (C=O) groups excluding carboxylic acids is 2. The highest BCUT2D eigenvalue weighted by Gasteiger charge is 2.38. The third-order valence-electron chi connectivity index (χ3n) is 13.4. The third-order valence-corrected chi connectivity index (χ3v) is 13.8. The fourth-order valence-corrected chi connectivity index (χ4v) is 10.2. The van der Waals surface area contributed by atoms with Gasteiger partial charge in [-0.3, -0.25) is 24.3 Å². The molecule has 3 aromatic heterocycles. The van der Waals surface area contributed by atoms with E-state index >= 15 is 0 Å². The second-order valence-corrected chi connectivity index (χ2v) is 19.4. The molecule has 5 aromatic carbocycles. The van der Waals surface area contributed by atoms with Crippen molar-refractivity contribution in [2.24, 2.45) is 4.99 Å². The minimum atomic E-state index is -1.69. The summed E-state index contributed by atoms with van der Waals surface area (Å²) >= 11 is 12.9. The lowest BCUT2D eigenvalue weighted by atomic mass is 9.99. The number of amidine groups is 1. The first-order chi connectivity index (χ1) is 37.1. The van der Waals surface area contributed by atoms with E-state index in [-0.39, 0.29) is 45.6 Å². The third kappa shape index (κ3) is 10.6. The molecular formula is C58H46Cl2F4N8O5. The SMILES string of the molecule is COc1cc(CC2=CC(Cl)=CN3C2=NCC3c2cccc(F)c2)ccc1-n1cnc(C)c1.COc1cc(Cc2cc(Cl)cn(C(CN3C(=O)c4ccccc4C3=O)c3cc(F)c(F)c(F)c3)c2=O)ccc1-n1cnc(C)c1. The summed E-state index contributed by atoms with van der Waals surface area (Å²) in [5.41, 5.74) is 6.83. The first-order valence-electron chi connectivity index (χ1n) is 24.1. The van der Waals surface area contributed by atoms with Crippen LogP contribution < -0.4 is 15.0 Å². The van der Waals surface area contributed by atoms with Gasteiger partial charge in [0.25, 0.3) is 17.4 Å². The zero-order valence-electron chi connectivity index (χ0n) is 41.7. The number of hydrogen-bond acceptors (Lipinski definition) is 9. The number of methoxy groups -OCH3 is 2. The number of allylic oxidation sites excluding steroid dienone is 2. The molecule has 2 amide bonds. The molecule has 0 saturated carbocycles. The maximum Gasteiger partial charge on any atom is 0.261 e. The Morgan fingerprint density at radius 2 is 1.30 bits per heavy atom. The average molecular weight is 1080 g/mol. The standard InChI is InChI=1S/C33H24ClF3N4O4.C25H22ClFN4O/c1-18-14-39(17-38-18)27-8-7-19(10-29(27)45-2)9-21-11-22(34)15-40(31(21)42)28(20-12-25(35)30(37)26(36)13-20)16-41-32(43)23-5-3-4-6-24(23)33(41)44;1-16-13-30(15-29-16)22-7-6-17(9-24(22)32-2)8-19-10-20(26)14-31-23(12-28-25(19)31)18-4-3-5-21(27)11-18/h3-8,10-15,17,28H,9,16H2,1-2H3;3-7,9-11,13-15,23H,8,12H2,1-2H3. The van der Waals surface area contributed by atoms with Crippen LogP contribution in [0.1, 0.15) is 72.0 Å². The molecule has 77 heavy (non-hydrogen) atoms. The van der Waals surface area contributed by atoms with E-state index in [1.807, 2.05) is 72.2 Å². The van der Waals surface area contributed by atoms with Crippen LogP contribution in [-0.4, -0.2) is 78.4 Å². The van der Waals surface area contributed by atoms with Crippen molar-refractivity contribution in [3.8, 4) is 22.9 Å². The van der Waals surface area contributed by atoms with Gasteiger partial charge in [-0.15, -0.1) is 0 Å². The fourth-order valence-electron chi connectivity index (χ4n) is 9.74. The van der Waals surface area contributed by atoms with Gasteiger partial charge in [-0.2, -0.15) is 0 Å². The Kier molecular flexibility index (Phi) is 14.6. The summed E-state index contributed by atoms with van der Waals surface area (Å²) in [6, 6.07) is 25.9. The lowest BCUT2D eigenvalue weighted by Gasteiger charge is -2.29. The highest BCUT2D eigenvalue weighted by Crippen LogP contribution is 2.36. The first kappa shape index (κ1) is 51.9. The second kappa shape index (κ2) is 21.6. The zero-order chi connectivity index (χ0) is 54.2. The molecule has 13 nitrogen and oxygen atoms in total. The van der Waals surface area contributed by atoms with Crippen molar-refractivity contribution in [1.82, 2.24) is 33.5 Å². The number of carbonyl (C=O) groups is 2. The maximum absolute atomic E-state index is 14.5. The number of aliphatic imine (C=N–C) groups is 1. The molecule has 0 N–H and O–H groups in total. The fraction of sp³-hybridized carbons (Fsp3) is 0.172.